The van der Waals surface area contributed by atoms with Crippen LogP contribution in [0.3, 0.4) is 0 Å². The standard InChI is InChI=1S/C10H15BrN4O/c1-6(16)7-2-3-15(5-7)10-13-8(11)4-9(12)14-10/h4,6-7,16H,2-3,5H2,1H3,(H2,12,13,14). The molecule has 0 saturated carbocycles. The molecule has 0 radical (unpaired) electrons. The molecule has 1 aromatic heterocycles. The fraction of sp³-hybridized carbons (Fsp3) is 0.600. The van der Waals surface area contributed by atoms with Crippen molar-refractivity contribution in [3.8, 4) is 0 Å². The number of nitrogens with two attached hydrogens (primary N) is 1. The molecule has 3 N–H and O–H groups in total. The Morgan fingerprint density at radius 1 is 1.62 bits per heavy atom. The summed E-state index contributed by atoms with van der Waals surface area (Å²) in [6, 6.07) is 1.67. The van der Waals surface area contributed by atoms with Crippen molar-refractivity contribution >= 4 is 27.7 Å². The Morgan fingerprint density at radius 3 is 2.94 bits per heavy atom. The second kappa shape index (κ2) is 4.55. The molecule has 1 aliphatic rings. The second-order valence-electron chi connectivity index (χ2n) is 4.15. The number of hydrogen-bond donors (Lipinski definition) is 2. The molecule has 2 heterocycles. The van der Waals surface area contributed by atoms with Gasteiger partial charge in [0.1, 0.15) is 10.4 Å². The summed E-state index contributed by atoms with van der Waals surface area (Å²) in [5.74, 6) is 1.39. The fourth-order valence-corrected chi connectivity index (χ4v) is 2.32. The van der Waals surface area contributed by atoms with E-state index in [0.29, 0.717) is 22.3 Å². The van der Waals surface area contributed by atoms with E-state index in [1.165, 1.54) is 0 Å². The Hall–Kier alpha value is -0.880. The van der Waals surface area contributed by atoms with Crippen LogP contribution in [-0.2, 0) is 0 Å². The minimum atomic E-state index is -0.283. The lowest BCUT2D eigenvalue weighted by Crippen LogP contribution is -2.25. The molecular weight excluding hydrogens is 272 g/mol. The number of halogens is 1. The first-order valence-electron chi connectivity index (χ1n) is 5.29. The Labute approximate surface area is 103 Å². The molecule has 0 bridgehead atoms. The topological polar surface area (TPSA) is 75.3 Å². The van der Waals surface area contributed by atoms with Gasteiger partial charge in [-0.3, -0.25) is 0 Å². The smallest absolute Gasteiger partial charge is 0.228 e. The summed E-state index contributed by atoms with van der Waals surface area (Å²) in [6.07, 6.45) is 0.683. The molecule has 5 nitrogen and oxygen atoms in total. The quantitative estimate of drug-likeness (QED) is 0.795. The first kappa shape index (κ1) is 11.6. The van der Waals surface area contributed by atoms with Crippen LogP contribution in [0.1, 0.15) is 13.3 Å². The summed E-state index contributed by atoms with van der Waals surface area (Å²) >= 11 is 3.30. The SMILES string of the molecule is CC(O)C1CCN(c2nc(N)cc(Br)n2)C1. The van der Waals surface area contributed by atoms with E-state index in [1.807, 2.05) is 6.92 Å². The van der Waals surface area contributed by atoms with Crippen LogP contribution in [-0.4, -0.2) is 34.3 Å². The zero-order chi connectivity index (χ0) is 11.7. The van der Waals surface area contributed by atoms with Gasteiger partial charge in [0.05, 0.1) is 6.10 Å². The number of nitrogens with zero attached hydrogens (tertiary/aromatic N) is 3. The van der Waals surface area contributed by atoms with Crippen molar-refractivity contribution in [2.75, 3.05) is 23.7 Å². The van der Waals surface area contributed by atoms with Crippen molar-refractivity contribution in [2.45, 2.75) is 19.4 Å². The number of hydrogen-bond acceptors (Lipinski definition) is 5. The molecule has 1 aromatic rings. The summed E-state index contributed by atoms with van der Waals surface area (Å²) in [5, 5.41) is 9.52. The van der Waals surface area contributed by atoms with Gasteiger partial charge >= 0.3 is 0 Å². The van der Waals surface area contributed by atoms with Crippen LogP contribution in [0.4, 0.5) is 11.8 Å². The zero-order valence-corrected chi connectivity index (χ0v) is 10.7. The molecule has 2 unspecified atom stereocenters. The van der Waals surface area contributed by atoms with E-state index in [1.54, 1.807) is 6.07 Å². The first-order chi connectivity index (χ1) is 7.56. The largest absolute Gasteiger partial charge is 0.393 e. The van der Waals surface area contributed by atoms with Crippen molar-refractivity contribution in [3.63, 3.8) is 0 Å². The number of anilines is 2. The number of aromatic nitrogens is 2. The van der Waals surface area contributed by atoms with E-state index in [-0.39, 0.29) is 6.10 Å². The molecular formula is C10H15BrN4O. The normalized spacial score (nSPS) is 22.4. The van der Waals surface area contributed by atoms with Crippen LogP contribution in [0.5, 0.6) is 0 Å². The summed E-state index contributed by atoms with van der Waals surface area (Å²) in [4.78, 5) is 10.5. The maximum absolute atomic E-state index is 9.52. The highest BCUT2D eigenvalue weighted by Crippen LogP contribution is 2.24. The van der Waals surface area contributed by atoms with Crippen molar-refractivity contribution in [2.24, 2.45) is 5.92 Å². The third-order valence-electron chi connectivity index (χ3n) is 2.89. The molecule has 0 aliphatic carbocycles. The lowest BCUT2D eigenvalue weighted by molar-refractivity contribution is 0.136. The highest BCUT2D eigenvalue weighted by atomic mass is 79.9. The van der Waals surface area contributed by atoms with Crippen molar-refractivity contribution < 1.29 is 5.11 Å². The molecule has 88 valence electrons. The minimum absolute atomic E-state index is 0.283. The van der Waals surface area contributed by atoms with Crippen molar-refractivity contribution in [3.05, 3.63) is 10.7 Å². The van der Waals surface area contributed by atoms with Gasteiger partial charge < -0.3 is 15.7 Å². The lowest BCUT2D eigenvalue weighted by Gasteiger charge is -2.17. The lowest BCUT2D eigenvalue weighted by atomic mass is 10.0. The maximum Gasteiger partial charge on any atom is 0.228 e. The molecule has 1 saturated heterocycles. The molecule has 1 fully saturated rings. The van der Waals surface area contributed by atoms with Gasteiger partial charge in [-0.1, -0.05) is 0 Å². The van der Waals surface area contributed by atoms with Gasteiger partial charge in [-0.15, -0.1) is 0 Å². The van der Waals surface area contributed by atoms with Crippen LogP contribution in [0, 0.1) is 5.92 Å². The van der Waals surface area contributed by atoms with Crippen LogP contribution >= 0.6 is 15.9 Å². The molecule has 6 heteroatoms. The number of aliphatic hydroxyl groups is 1. The zero-order valence-electron chi connectivity index (χ0n) is 9.10. The molecule has 2 atom stereocenters. The second-order valence-corrected chi connectivity index (χ2v) is 4.96. The van der Waals surface area contributed by atoms with Crippen LogP contribution in [0.25, 0.3) is 0 Å². The third-order valence-corrected chi connectivity index (χ3v) is 3.30. The highest BCUT2D eigenvalue weighted by Gasteiger charge is 2.27. The van der Waals surface area contributed by atoms with Gasteiger partial charge in [0, 0.05) is 25.1 Å². The summed E-state index contributed by atoms with van der Waals surface area (Å²) in [7, 11) is 0. The molecule has 2 rings (SSSR count). The van der Waals surface area contributed by atoms with Gasteiger partial charge in [-0.2, -0.15) is 4.98 Å². The van der Waals surface area contributed by atoms with Crippen LogP contribution in [0.15, 0.2) is 10.7 Å². The Bertz CT molecular complexity index is 365. The average molecular weight is 287 g/mol. The molecule has 0 amide bonds. The Morgan fingerprint density at radius 2 is 2.38 bits per heavy atom. The predicted molar refractivity (Wildman–Crippen MR) is 66.1 cm³/mol. The maximum atomic E-state index is 9.52. The van der Waals surface area contributed by atoms with E-state index < -0.39 is 0 Å². The van der Waals surface area contributed by atoms with Crippen LogP contribution < -0.4 is 10.6 Å². The molecule has 1 aliphatic heterocycles. The van der Waals surface area contributed by atoms with E-state index in [2.05, 4.69) is 30.8 Å². The molecule has 0 aromatic carbocycles. The van der Waals surface area contributed by atoms with Crippen LogP contribution in [0.2, 0.25) is 0 Å². The van der Waals surface area contributed by atoms with E-state index in [9.17, 15) is 5.11 Å². The van der Waals surface area contributed by atoms with Crippen molar-refractivity contribution in [1.29, 1.82) is 0 Å². The van der Waals surface area contributed by atoms with E-state index in [4.69, 9.17) is 5.73 Å². The van der Waals surface area contributed by atoms with Gasteiger partial charge in [0.25, 0.3) is 0 Å². The summed E-state index contributed by atoms with van der Waals surface area (Å²) < 4.78 is 0.690. The number of nitrogen functional groups attached to an aromatic ring is 1. The Balaban J connectivity index is 2.14. The predicted octanol–water partition coefficient (Wildman–Crippen LogP) is 1.03. The fourth-order valence-electron chi connectivity index (χ4n) is 1.93. The summed E-state index contributed by atoms with van der Waals surface area (Å²) in [5.41, 5.74) is 5.66. The molecule has 16 heavy (non-hydrogen) atoms. The highest BCUT2D eigenvalue weighted by molar-refractivity contribution is 9.10. The average Bonchev–Trinajstić information content (AvgIpc) is 2.64. The van der Waals surface area contributed by atoms with Gasteiger partial charge in [-0.25, -0.2) is 4.98 Å². The minimum Gasteiger partial charge on any atom is -0.393 e. The monoisotopic (exact) mass is 286 g/mol. The molecule has 0 spiro atoms. The number of aliphatic hydroxyl groups excluding tert-OH is 1. The van der Waals surface area contributed by atoms with Gasteiger partial charge in [0.2, 0.25) is 5.95 Å². The third kappa shape index (κ3) is 2.44. The number of rotatable bonds is 2. The summed E-state index contributed by atoms with van der Waals surface area (Å²) in [6.45, 7) is 3.48. The van der Waals surface area contributed by atoms with Gasteiger partial charge in [-0.05, 0) is 29.3 Å². The van der Waals surface area contributed by atoms with E-state index in [0.717, 1.165) is 19.5 Å². The van der Waals surface area contributed by atoms with Gasteiger partial charge in [0.15, 0.2) is 0 Å². The Kier molecular flexibility index (Phi) is 3.30. The van der Waals surface area contributed by atoms with Crippen molar-refractivity contribution in [1.82, 2.24) is 9.97 Å². The first-order valence-corrected chi connectivity index (χ1v) is 6.08. The van der Waals surface area contributed by atoms with E-state index >= 15 is 0 Å².